The molecule has 0 spiro atoms. The topological polar surface area (TPSA) is 155 Å². The molecule has 0 radical (unpaired) electrons. The fourth-order valence-electron chi connectivity index (χ4n) is 2.87. The lowest BCUT2D eigenvalue weighted by Crippen LogP contribution is -2.53. The van der Waals surface area contributed by atoms with E-state index in [2.05, 4.69) is 4.98 Å². The first-order valence-electron chi connectivity index (χ1n) is 8.26. The molecule has 1 aromatic carbocycles. The molecule has 156 valence electrons. The van der Waals surface area contributed by atoms with Crippen molar-refractivity contribution < 1.29 is 27.1 Å². The van der Waals surface area contributed by atoms with Crippen LogP contribution in [0, 0.1) is 10.1 Å². The largest absolute Gasteiger partial charge is 0.467 e. The van der Waals surface area contributed by atoms with Gasteiger partial charge in [-0.05, 0) is 17.7 Å². The number of methoxy groups -OCH3 is 1. The number of ether oxygens (including phenoxy) is 1. The number of hydrogen-bond acceptors (Lipinski definition) is 11. The quantitative estimate of drug-likeness (QED) is 0.279. The molecule has 1 saturated heterocycles. The number of carbonyl (C=O) groups is 1. The zero-order valence-corrected chi connectivity index (χ0v) is 17.1. The first-order valence-corrected chi connectivity index (χ1v) is 11.0. The van der Waals surface area contributed by atoms with Gasteiger partial charge in [0.15, 0.2) is 10.7 Å². The van der Waals surface area contributed by atoms with Crippen LogP contribution in [-0.4, -0.2) is 56.9 Å². The standard InChI is InChI=1S/C16H18N4O7S2/c1-26-14(21)16(17,10-3-5-11(6-4-10)20(22)23)13-9-28-15(18-13)19-7-12(8-19)27-29(2,24)25/h3-6,9,12H,7-8,17H2,1-2H3. The number of nitrogens with two attached hydrogens (primary N) is 1. The summed E-state index contributed by atoms with van der Waals surface area (Å²) < 4.78 is 32.1. The molecule has 3 rings (SSSR count). The number of carbonyl (C=O) groups excluding carboxylic acids is 1. The normalized spacial score (nSPS) is 16.7. The third-order valence-electron chi connectivity index (χ3n) is 4.37. The number of nitrogens with zero attached hydrogens (tertiary/aromatic N) is 3. The first kappa shape index (κ1) is 21.1. The number of rotatable bonds is 7. The van der Waals surface area contributed by atoms with E-state index in [1.54, 1.807) is 10.3 Å². The molecular formula is C16H18N4O7S2. The summed E-state index contributed by atoms with van der Waals surface area (Å²) in [6.07, 6.45) is 0.524. The molecule has 0 saturated carbocycles. The number of non-ortho nitro benzene ring substituents is 1. The van der Waals surface area contributed by atoms with E-state index in [9.17, 15) is 23.3 Å². The molecule has 1 atom stereocenters. The van der Waals surface area contributed by atoms with Crippen LogP contribution < -0.4 is 10.6 Å². The van der Waals surface area contributed by atoms with E-state index >= 15 is 0 Å². The minimum Gasteiger partial charge on any atom is -0.467 e. The second kappa shape index (κ2) is 7.67. The van der Waals surface area contributed by atoms with Crippen molar-refractivity contribution in [2.24, 2.45) is 5.73 Å². The van der Waals surface area contributed by atoms with Gasteiger partial charge in [0.2, 0.25) is 0 Å². The predicted molar refractivity (Wildman–Crippen MR) is 104 cm³/mol. The second-order valence-corrected chi connectivity index (χ2v) is 8.88. The number of esters is 1. The average molecular weight is 442 g/mol. The summed E-state index contributed by atoms with van der Waals surface area (Å²) in [5, 5.41) is 13.0. The van der Waals surface area contributed by atoms with E-state index in [1.807, 2.05) is 0 Å². The third-order valence-corrected chi connectivity index (χ3v) is 5.89. The molecule has 0 amide bonds. The van der Waals surface area contributed by atoms with Crippen LogP contribution in [0.2, 0.25) is 0 Å². The molecule has 0 bridgehead atoms. The van der Waals surface area contributed by atoms with Crippen LogP contribution in [0.15, 0.2) is 29.6 Å². The average Bonchev–Trinajstić information content (AvgIpc) is 3.12. The number of thiazole rings is 1. The lowest BCUT2D eigenvalue weighted by atomic mass is 9.88. The Morgan fingerprint density at radius 2 is 2.00 bits per heavy atom. The lowest BCUT2D eigenvalue weighted by molar-refractivity contribution is -0.384. The molecule has 2 aromatic rings. The molecule has 1 fully saturated rings. The lowest BCUT2D eigenvalue weighted by Gasteiger charge is -2.37. The van der Waals surface area contributed by atoms with Gasteiger partial charge in [0.25, 0.3) is 15.8 Å². The van der Waals surface area contributed by atoms with Crippen LogP contribution in [-0.2, 0) is 29.4 Å². The van der Waals surface area contributed by atoms with Gasteiger partial charge in [-0.2, -0.15) is 8.42 Å². The van der Waals surface area contributed by atoms with E-state index in [-0.39, 0.29) is 16.9 Å². The summed E-state index contributed by atoms with van der Waals surface area (Å²) in [4.78, 5) is 29.0. The van der Waals surface area contributed by atoms with Gasteiger partial charge in [0.1, 0.15) is 6.10 Å². The maximum Gasteiger partial charge on any atom is 0.336 e. The van der Waals surface area contributed by atoms with Crippen molar-refractivity contribution in [2.45, 2.75) is 11.6 Å². The van der Waals surface area contributed by atoms with Gasteiger partial charge in [0.05, 0.1) is 24.0 Å². The van der Waals surface area contributed by atoms with Gasteiger partial charge in [-0.3, -0.25) is 14.3 Å². The maximum atomic E-state index is 12.5. The zero-order chi connectivity index (χ0) is 21.4. The van der Waals surface area contributed by atoms with E-state index < -0.39 is 32.7 Å². The SMILES string of the molecule is COC(=O)C(N)(c1ccc([N+](=O)[O-])cc1)c1csc(N2CC(OS(C)(=O)=O)C2)n1. The molecule has 13 heteroatoms. The smallest absolute Gasteiger partial charge is 0.336 e. The predicted octanol–water partition coefficient (Wildman–Crippen LogP) is 0.591. The number of hydrogen-bond donors (Lipinski definition) is 1. The Kier molecular flexibility index (Phi) is 5.58. The van der Waals surface area contributed by atoms with Crippen molar-refractivity contribution in [3.8, 4) is 0 Å². The number of nitro benzene ring substituents is 1. The highest BCUT2D eigenvalue weighted by Gasteiger charge is 2.43. The van der Waals surface area contributed by atoms with Gasteiger partial charge in [-0.1, -0.05) is 0 Å². The van der Waals surface area contributed by atoms with Crippen molar-refractivity contribution in [3.05, 3.63) is 51.0 Å². The molecule has 1 aliphatic rings. The Balaban J connectivity index is 1.86. The van der Waals surface area contributed by atoms with Gasteiger partial charge < -0.3 is 15.4 Å². The van der Waals surface area contributed by atoms with Crippen LogP contribution in [0.3, 0.4) is 0 Å². The van der Waals surface area contributed by atoms with E-state index in [0.717, 1.165) is 6.26 Å². The number of anilines is 1. The molecule has 1 unspecified atom stereocenters. The minimum atomic E-state index is -3.54. The van der Waals surface area contributed by atoms with Crippen molar-refractivity contribution in [1.82, 2.24) is 4.98 Å². The van der Waals surface area contributed by atoms with Crippen molar-refractivity contribution in [3.63, 3.8) is 0 Å². The zero-order valence-electron chi connectivity index (χ0n) is 15.5. The number of aromatic nitrogens is 1. The molecule has 1 aliphatic heterocycles. The Morgan fingerprint density at radius 1 is 1.38 bits per heavy atom. The monoisotopic (exact) mass is 442 g/mol. The summed E-state index contributed by atoms with van der Waals surface area (Å²) in [6.45, 7) is 0.653. The maximum absolute atomic E-state index is 12.5. The molecule has 2 heterocycles. The van der Waals surface area contributed by atoms with Crippen molar-refractivity contribution in [2.75, 3.05) is 31.4 Å². The van der Waals surface area contributed by atoms with Crippen LogP contribution in [0.25, 0.3) is 0 Å². The van der Waals surface area contributed by atoms with Gasteiger partial charge in [0, 0.05) is 30.6 Å². The Labute approximate surface area is 170 Å². The molecule has 1 aromatic heterocycles. The van der Waals surface area contributed by atoms with Gasteiger partial charge >= 0.3 is 5.97 Å². The molecule has 29 heavy (non-hydrogen) atoms. The van der Waals surface area contributed by atoms with Gasteiger partial charge in [-0.15, -0.1) is 11.3 Å². The Hall–Kier alpha value is -2.61. The molecule has 2 N–H and O–H groups in total. The molecule has 0 aliphatic carbocycles. The summed E-state index contributed by atoms with van der Waals surface area (Å²) in [5.41, 5.74) is 4.98. The minimum absolute atomic E-state index is 0.141. The Morgan fingerprint density at radius 3 is 2.52 bits per heavy atom. The fraction of sp³-hybridized carbons (Fsp3) is 0.375. The summed E-state index contributed by atoms with van der Waals surface area (Å²) in [6, 6.07) is 5.26. The molecule has 11 nitrogen and oxygen atoms in total. The first-order chi connectivity index (χ1) is 13.5. The highest BCUT2D eigenvalue weighted by molar-refractivity contribution is 7.86. The van der Waals surface area contributed by atoms with Crippen LogP contribution in [0.5, 0.6) is 0 Å². The highest BCUT2D eigenvalue weighted by Crippen LogP contribution is 2.34. The van der Waals surface area contributed by atoms with Crippen molar-refractivity contribution in [1.29, 1.82) is 0 Å². The van der Waals surface area contributed by atoms with E-state index in [4.69, 9.17) is 14.7 Å². The molecular weight excluding hydrogens is 424 g/mol. The van der Waals surface area contributed by atoms with E-state index in [1.165, 1.54) is 42.7 Å². The van der Waals surface area contributed by atoms with E-state index in [0.29, 0.717) is 18.2 Å². The fourth-order valence-corrected chi connectivity index (χ4v) is 4.39. The summed E-state index contributed by atoms with van der Waals surface area (Å²) in [7, 11) is -2.36. The summed E-state index contributed by atoms with van der Waals surface area (Å²) in [5.74, 6) is -0.773. The van der Waals surface area contributed by atoms with Crippen LogP contribution >= 0.6 is 11.3 Å². The van der Waals surface area contributed by atoms with Gasteiger partial charge in [-0.25, -0.2) is 9.78 Å². The van der Waals surface area contributed by atoms with Crippen LogP contribution in [0.4, 0.5) is 10.8 Å². The van der Waals surface area contributed by atoms with Crippen LogP contribution in [0.1, 0.15) is 11.3 Å². The number of benzene rings is 1. The van der Waals surface area contributed by atoms with Crippen molar-refractivity contribution >= 4 is 38.2 Å². The third kappa shape index (κ3) is 4.22. The summed E-state index contributed by atoms with van der Waals surface area (Å²) >= 11 is 1.22. The highest BCUT2D eigenvalue weighted by atomic mass is 32.2. The Bertz CT molecular complexity index is 1030. The number of nitro groups is 1. The second-order valence-electron chi connectivity index (χ2n) is 6.45.